The number of nitrogens with two attached hydrogens (primary N) is 1. The number of hydrogen-bond donors (Lipinski definition) is 2. The van der Waals surface area contributed by atoms with Crippen molar-refractivity contribution in [1.82, 2.24) is 23.8 Å². The summed E-state index contributed by atoms with van der Waals surface area (Å²) >= 11 is 0. The highest BCUT2D eigenvalue weighted by molar-refractivity contribution is 7.90. The van der Waals surface area contributed by atoms with Crippen molar-refractivity contribution in [3.8, 4) is 22.5 Å². The minimum absolute atomic E-state index is 0.0278. The van der Waals surface area contributed by atoms with E-state index in [1.807, 2.05) is 36.4 Å². The summed E-state index contributed by atoms with van der Waals surface area (Å²) in [7, 11) is -3.68. The van der Waals surface area contributed by atoms with Crippen LogP contribution in [-0.4, -0.2) is 57.1 Å². The summed E-state index contributed by atoms with van der Waals surface area (Å²) in [6, 6.07) is 15.8. The zero-order valence-corrected chi connectivity index (χ0v) is 22.8. The van der Waals surface area contributed by atoms with Gasteiger partial charge in [0.25, 0.3) is 0 Å². The van der Waals surface area contributed by atoms with Gasteiger partial charge in [-0.15, -0.1) is 0 Å². The minimum atomic E-state index is -3.68. The van der Waals surface area contributed by atoms with Gasteiger partial charge in [-0.2, -0.15) is 0 Å². The van der Waals surface area contributed by atoms with Gasteiger partial charge < -0.3 is 15.6 Å². The van der Waals surface area contributed by atoms with Crippen molar-refractivity contribution in [2.24, 2.45) is 5.92 Å². The maximum absolute atomic E-state index is 13.1. The van der Waals surface area contributed by atoms with E-state index in [1.54, 1.807) is 13.8 Å². The third-order valence-corrected chi connectivity index (χ3v) is 9.23. The lowest BCUT2D eigenvalue weighted by Gasteiger charge is -2.32. The molecule has 0 spiro atoms. The Morgan fingerprint density at radius 3 is 2.35 bits per heavy atom. The Morgan fingerprint density at radius 1 is 1.00 bits per heavy atom. The number of imidazole rings is 2. The summed E-state index contributed by atoms with van der Waals surface area (Å²) in [5, 5.41) is -0.630. The fourth-order valence-corrected chi connectivity index (χ4v) is 6.35. The van der Waals surface area contributed by atoms with Crippen molar-refractivity contribution in [3.63, 3.8) is 0 Å². The second-order valence-corrected chi connectivity index (χ2v) is 13.0. The van der Waals surface area contributed by atoms with Crippen LogP contribution in [0, 0.1) is 5.92 Å². The maximum Gasteiger partial charge on any atom is 0.244 e. The van der Waals surface area contributed by atoms with E-state index in [4.69, 9.17) is 10.7 Å². The zero-order valence-electron chi connectivity index (χ0n) is 22.0. The third-order valence-electron chi connectivity index (χ3n) is 7.14. The first-order valence-electron chi connectivity index (χ1n) is 13.1. The van der Waals surface area contributed by atoms with Gasteiger partial charge in [0.2, 0.25) is 16.0 Å². The van der Waals surface area contributed by atoms with Gasteiger partial charge in [-0.1, -0.05) is 50.2 Å². The van der Waals surface area contributed by atoms with E-state index in [0.29, 0.717) is 22.9 Å². The summed E-state index contributed by atoms with van der Waals surface area (Å²) in [6.45, 7) is 11.1. The number of H-pyrrole nitrogens is 1. The topological polar surface area (TPSA) is 110 Å². The molecule has 2 aromatic carbocycles. The van der Waals surface area contributed by atoms with Crippen LogP contribution in [-0.2, 0) is 10.0 Å². The molecule has 3 heterocycles. The Labute approximate surface area is 219 Å². The van der Waals surface area contributed by atoms with E-state index in [-0.39, 0.29) is 5.95 Å². The van der Waals surface area contributed by atoms with Gasteiger partial charge in [0, 0.05) is 23.6 Å². The molecule has 0 saturated carbocycles. The summed E-state index contributed by atoms with van der Waals surface area (Å²) in [6.07, 6.45) is 2.12. The molecule has 0 unspecified atom stereocenters. The highest BCUT2D eigenvalue weighted by Crippen LogP contribution is 2.36. The van der Waals surface area contributed by atoms with Gasteiger partial charge in [0.05, 0.1) is 27.7 Å². The Kier molecular flexibility index (Phi) is 6.85. The van der Waals surface area contributed by atoms with Gasteiger partial charge >= 0.3 is 0 Å². The predicted octanol–water partition coefficient (Wildman–Crippen LogP) is 5.10. The number of aromatic amines is 1. The number of nitrogens with zero attached hydrogens (tertiary/aromatic N) is 4. The summed E-state index contributed by atoms with van der Waals surface area (Å²) in [5.74, 6) is 1.97. The maximum atomic E-state index is 13.1. The molecule has 1 aliphatic rings. The summed E-state index contributed by atoms with van der Waals surface area (Å²) in [4.78, 5) is 15.6. The first-order chi connectivity index (χ1) is 17.6. The van der Waals surface area contributed by atoms with Crippen molar-refractivity contribution >= 4 is 27.0 Å². The highest BCUT2D eigenvalue weighted by atomic mass is 32.2. The monoisotopic (exact) mass is 520 g/mol. The van der Waals surface area contributed by atoms with E-state index in [2.05, 4.69) is 40.8 Å². The van der Waals surface area contributed by atoms with E-state index >= 15 is 0 Å². The Bertz CT molecular complexity index is 1500. The average Bonchev–Trinajstić information content (AvgIpc) is 3.45. The lowest BCUT2D eigenvalue weighted by atomic mass is 9.95. The number of anilines is 1. The van der Waals surface area contributed by atoms with E-state index in [0.717, 1.165) is 64.8 Å². The fraction of sp³-hybridized carbons (Fsp3) is 0.429. The number of rotatable bonds is 7. The van der Waals surface area contributed by atoms with Gasteiger partial charge in [-0.3, -0.25) is 0 Å². The zero-order chi connectivity index (χ0) is 26.3. The molecule has 3 N–H and O–H groups in total. The molecule has 5 rings (SSSR count). The Balaban J connectivity index is 1.58. The molecular formula is C28H36N6O2S. The predicted molar refractivity (Wildman–Crippen MR) is 150 cm³/mol. The first kappa shape index (κ1) is 25.5. The normalized spacial score (nSPS) is 15.8. The van der Waals surface area contributed by atoms with Crippen molar-refractivity contribution in [2.75, 3.05) is 25.4 Å². The minimum Gasteiger partial charge on any atom is -0.368 e. The number of hydrogen-bond acceptors (Lipinski definition) is 6. The second-order valence-electron chi connectivity index (χ2n) is 10.7. The summed E-state index contributed by atoms with van der Waals surface area (Å²) in [5.41, 5.74) is 10.7. The first-order valence-corrected chi connectivity index (χ1v) is 14.6. The van der Waals surface area contributed by atoms with Crippen LogP contribution in [0.15, 0.2) is 48.5 Å². The molecule has 2 aromatic heterocycles. The number of piperidine rings is 1. The van der Waals surface area contributed by atoms with E-state index < -0.39 is 15.3 Å². The van der Waals surface area contributed by atoms with Crippen molar-refractivity contribution in [3.05, 3.63) is 54.4 Å². The molecule has 4 aromatic rings. The molecule has 0 aliphatic carbocycles. The number of fused-ring (bicyclic) bond motifs is 1. The smallest absolute Gasteiger partial charge is 0.244 e. The van der Waals surface area contributed by atoms with Gasteiger partial charge in [0.1, 0.15) is 5.82 Å². The number of aromatic nitrogens is 4. The molecule has 0 bridgehead atoms. The molecular weight excluding hydrogens is 484 g/mol. The molecule has 1 saturated heterocycles. The number of nitrogen functional groups attached to an aromatic ring is 1. The lowest BCUT2D eigenvalue weighted by Crippen LogP contribution is -2.35. The second kappa shape index (κ2) is 9.95. The van der Waals surface area contributed by atoms with E-state index in [9.17, 15) is 8.42 Å². The van der Waals surface area contributed by atoms with Crippen LogP contribution >= 0.6 is 0 Å². The van der Waals surface area contributed by atoms with Crippen LogP contribution in [0.1, 0.15) is 52.3 Å². The quantitative estimate of drug-likeness (QED) is 0.351. The van der Waals surface area contributed by atoms with Gasteiger partial charge in [-0.05, 0) is 57.8 Å². The molecule has 37 heavy (non-hydrogen) atoms. The summed E-state index contributed by atoms with van der Waals surface area (Å²) < 4.78 is 27.3. The van der Waals surface area contributed by atoms with Crippen molar-refractivity contribution in [2.45, 2.75) is 51.7 Å². The number of likely N-dealkylation sites (tertiary alicyclic amines) is 1. The fourth-order valence-electron chi connectivity index (χ4n) is 5.21. The molecule has 196 valence electrons. The molecule has 8 nitrogen and oxygen atoms in total. The molecule has 0 amide bonds. The highest BCUT2D eigenvalue weighted by Gasteiger charge is 2.27. The third kappa shape index (κ3) is 4.90. The van der Waals surface area contributed by atoms with Gasteiger partial charge in [0.15, 0.2) is 0 Å². The molecule has 1 fully saturated rings. The van der Waals surface area contributed by atoms with Crippen molar-refractivity contribution < 1.29 is 8.42 Å². The standard InChI is InChI=1S/C28H36N6O2S/c1-18(2)17-33-14-12-21(13-15-33)27-31-25(20-8-6-5-7-9-20)26(32-27)22-10-11-23-24(16-22)34(28(29)30-23)37(35,36)19(3)4/h5-11,16,18-19,21H,12-15,17H2,1-4H3,(H2,29,30)(H,31,32). The molecule has 0 radical (unpaired) electrons. The Morgan fingerprint density at radius 2 is 1.70 bits per heavy atom. The van der Waals surface area contributed by atoms with Crippen molar-refractivity contribution in [1.29, 1.82) is 0 Å². The SMILES string of the molecule is CC(C)CN1CCC(c2nc(-c3ccc4nc(N)n(S(=O)(=O)C(C)C)c4c3)c(-c3ccccc3)[nH]2)CC1. The van der Waals surface area contributed by atoms with Crippen LogP contribution in [0.4, 0.5) is 5.95 Å². The van der Waals surface area contributed by atoms with Crippen LogP contribution < -0.4 is 5.73 Å². The van der Waals surface area contributed by atoms with E-state index in [1.165, 1.54) is 0 Å². The van der Waals surface area contributed by atoms with Crippen LogP contribution in [0.25, 0.3) is 33.5 Å². The lowest BCUT2D eigenvalue weighted by molar-refractivity contribution is 0.190. The van der Waals surface area contributed by atoms with Crippen LogP contribution in [0.3, 0.4) is 0 Å². The molecule has 0 atom stereocenters. The molecule has 1 aliphatic heterocycles. The Hall–Kier alpha value is -3.17. The number of benzene rings is 2. The van der Waals surface area contributed by atoms with Crippen LogP contribution in [0.2, 0.25) is 0 Å². The average molecular weight is 521 g/mol. The largest absolute Gasteiger partial charge is 0.368 e. The molecule has 9 heteroatoms. The van der Waals surface area contributed by atoms with Gasteiger partial charge in [-0.25, -0.2) is 22.4 Å². The van der Waals surface area contributed by atoms with Crippen LogP contribution in [0.5, 0.6) is 0 Å². The number of nitrogens with one attached hydrogen (secondary N) is 1.